The van der Waals surface area contributed by atoms with Crippen LogP contribution in [-0.2, 0) is 0 Å². The maximum Gasteiger partial charge on any atom is 0.270 e. The van der Waals surface area contributed by atoms with Crippen molar-refractivity contribution in [3.05, 3.63) is 53.9 Å². The largest absolute Gasteiger partial charge is 0.497 e. The van der Waals surface area contributed by atoms with Crippen molar-refractivity contribution in [1.82, 2.24) is 9.97 Å². The number of amides is 2. The summed E-state index contributed by atoms with van der Waals surface area (Å²) in [6.45, 7) is 0. The number of thiazole rings is 1. The van der Waals surface area contributed by atoms with Crippen LogP contribution in [0.4, 0.5) is 15.8 Å². The number of nitrogens with two attached hydrogens (primary N) is 1. The molecule has 0 aliphatic carbocycles. The molecule has 28 heavy (non-hydrogen) atoms. The third-order valence-electron chi connectivity index (χ3n) is 3.64. The normalized spacial score (nSPS) is 10.2. The number of nitrogens with one attached hydrogen (secondary N) is 2. The van der Waals surface area contributed by atoms with Crippen LogP contribution in [0.2, 0.25) is 0 Å². The molecule has 0 atom stereocenters. The van der Waals surface area contributed by atoms with Gasteiger partial charge in [0, 0.05) is 23.5 Å². The molecule has 0 saturated heterocycles. The molecule has 4 N–H and O–H groups in total. The molecule has 0 spiro atoms. The third kappa shape index (κ3) is 4.35. The molecule has 1 aromatic carbocycles. The molecule has 0 saturated carbocycles. The van der Waals surface area contributed by atoms with Gasteiger partial charge < -0.3 is 25.8 Å². The summed E-state index contributed by atoms with van der Waals surface area (Å²) in [6, 6.07) is 9.94. The van der Waals surface area contributed by atoms with Crippen molar-refractivity contribution >= 4 is 39.0 Å². The summed E-state index contributed by atoms with van der Waals surface area (Å²) in [4.78, 5) is 32.4. The van der Waals surface area contributed by atoms with Crippen molar-refractivity contribution in [3.8, 4) is 11.6 Å². The lowest BCUT2D eigenvalue weighted by Crippen LogP contribution is -2.17. The molecule has 0 radical (unpaired) electrons. The van der Waals surface area contributed by atoms with Crippen LogP contribution in [0.3, 0.4) is 0 Å². The van der Waals surface area contributed by atoms with Gasteiger partial charge in [0.05, 0.1) is 14.2 Å². The molecule has 3 rings (SSSR count). The molecule has 144 valence electrons. The highest BCUT2D eigenvalue weighted by atomic mass is 32.1. The van der Waals surface area contributed by atoms with Crippen molar-refractivity contribution in [3.63, 3.8) is 0 Å². The Morgan fingerprint density at radius 1 is 1.11 bits per heavy atom. The number of primary amides is 1. The number of aromatic nitrogens is 2. The van der Waals surface area contributed by atoms with Gasteiger partial charge in [0.15, 0.2) is 10.8 Å². The number of carbonyl (C=O) groups excluding carboxylic acids is 2. The molecule has 0 unspecified atom stereocenters. The van der Waals surface area contributed by atoms with E-state index in [1.54, 1.807) is 49.7 Å². The van der Waals surface area contributed by atoms with E-state index >= 15 is 0 Å². The number of hydrogen-bond acceptors (Lipinski definition) is 8. The SMILES string of the molecule is COc1ccc(C(=O)Nc2sc(Nc3ccnc(OC)c3)nc2C(N)=O)cc1. The molecular weight excluding hydrogens is 382 g/mol. The van der Waals surface area contributed by atoms with Crippen molar-refractivity contribution in [1.29, 1.82) is 0 Å². The standard InChI is InChI=1S/C18H17N5O4S/c1-26-12-5-3-10(4-6-12)16(25)23-17-14(15(19)24)22-18(28-17)21-11-7-8-20-13(9-11)27-2/h3-9H,1-2H3,(H2,19,24)(H,23,25)(H,20,21,22). The predicted octanol–water partition coefficient (Wildman–Crippen LogP) is 2.65. The van der Waals surface area contributed by atoms with E-state index < -0.39 is 11.8 Å². The molecule has 0 bridgehead atoms. The van der Waals surface area contributed by atoms with Crippen molar-refractivity contribution in [2.75, 3.05) is 24.9 Å². The maximum absolute atomic E-state index is 12.5. The fourth-order valence-electron chi connectivity index (χ4n) is 2.27. The molecule has 10 heteroatoms. The molecule has 3 aromatic rings. The number of rotatable bonds is 7. The summed E-state index contributed by atoms with van der Waals surface area (Å²) >= 11 is 1.09. The van der Waals surface area contributed by atoms with E-state index in [1.807, 2.05) is 0 Å². The highest BCUT2D eigenvalue weighted by Gasteiger charge is 2.19. The first-order valence-electron chi connectivity index (χ1n) is 8.03. The Balaban J connectivity index is 1.81. The lowest BCUT2D eigenvalue weighted by molar-refractivity contribution is 0.0997. The summed E-state index contributed by atoms with van der Waals surface area (Å²) in [7, 11) is 3.05. The van der Waals surface area contributed by atoms with E-state index in [4.69, 9.17) is 15.2 Å². The third-order valence-corrected chi connectivity index (χ3v) is 4.52. The van der Waals surface area contributed by atoms with Crippen LogP contribution in [0.25, 0.3) is 0 Å². The number of hydrogen-bond donors (Lipinski definition) is 3. The van der Waals surface area contributed by atoms with Crippen molar-refractivity contribution < 1.29 is 19.1 Å². The molecular formula is C18H17N5O4S. The second kappa shape index (κ2) is 8.35. The van der Waals surface area contributed by atoms with E-state index in [9.17, 15) is 9.59 Å². The van der Waals surface area contributed by atoms with Crippen LogP contribution in [-0.4, -0.2) is 36.0 Å². The van der Waals surface area contributed by atoms with Gasteiger partial charge in [-0.3, -0.25) is 9.59 Å². The van der Waals surface area contributed by atoms with Crippen LogP contribution in [0, 0.1) is 0 Å². The average molecular weight is 399 g/mol. The second-order valence-corrected chi connectivity index (χ2v) is 6.45. The van der Waals surface area contributed by atoms with Crippen LogP contribution >= 0.6 is 11.3 Å². The fraction of sp³-hybridized carbons (Fsp3) is 0.111. The van der Waals surface area contributed by atoms with Gasteiger partial charge in [-0.05, 0) is 30.3 Å². The van der Waals surface area contributed by atoms with Gasteiger partial charge in [0.2, 0.25) is 5.88 Å². The van der Waals surface area contributed by atoms with Crippen LogP contribution in [0.1, 0.15) is 20.8 Å². The fourth-order valence-corrected chi connectivity index (χ4v) is 3.15. The Hall–Kier alpha value is -3.66. The van der Waals surface area contributed by atoms with E-state index in [1.165, 1.54) is 7.11 Å². The van der Waals surface area contributed by atoms with Crippen LogP contribution in [0.5, 0.6) is 11.6 Å². The van der Waals surface area contributed by atoms with E-state index in [0.29, 0.717) is 28.0 Å². The first-order chi connectivity index (χ1) is 13.5. The van der Waals surface area contributed by atoms with Gasteiger partial charge >= 0.3 is 0 Å². The van der Waals surface area contributed by atoms with E-state index in [2.05, 4.69) is 20.6 Å². The first-order valence-corrected chi connectivity index (χ1v) is 8.85. The first kappa shape index (κ1) is 19.1. The zero-order valence-corrected chi connectivity index (χ0v) is 15.9. The van der Waals surface area contributed by atoms with Gasteiger partial charge in [-0.2, -0.15) is 0 Å². The van der Waals surface area contributed by atoms with Gasteiger partial charge in [0.1, 0.15) is 10.8 Å². The molecule has 9 nitrogen and oxygen atoms in total. The van der Waals surface area contributed by atoms with Crippen LogP contribution < -0.4 is 25.8 Å². The van der Waals surface area contributed by atoms with E-state index in [-0.39, 0.29) is 10.7 Å². The molecule has 2 heterocycles. The molecule has 2 aromatic heterocycles. The topological polar surface area (TPSA) is 128 Å². The number of methoxy groups -OCH3 is 2. The monoisotopic (exact) mass is 399 g/mol. The summed E-state index contributed by atoms with van der Waals surface area (Å²) in [6.07, 6.45) is 1.57. The van der Waals surface area contributed by atoms with E-state index in [0.717, 1.165) is 11.3 Å². The quantitative estimate of drug-likeness (QED) is 0.557. The van der Waals surface area contributed by atoms with Gasteiger partial charge in [-0.15, -0.1) is 0 Å². The van der Waals surface area contributed by atoms with Gasteiger partial charge in [-0.1, -0.05) is 11.3 Å². The minimum absolute atomic E-state index is 0.0321. The Bertz CT molecular complexity index is 1000. The Morgan fingerprint density at radius 2 is 1.86 bits per heavy atom. The highest BCUT2D eigenvalue weighted by molar-refractivity contribution is 7.20. The second-order valence-electron chi connectivity index (χ2n) is 5.46. The molecule has 2 amide bonds. The smallest absolute Gasteiger partial charge is 0.270 e. The number of anilines is 3. The summed E-state index contributed by atoms with van der Waals surface area (Å²) in [5, 5.41) is 6.34. The molecule has 0 aliphatic rings. The summed E-state index contributed by atoms with van der Waals surface area (Å²) < 4.78 is 10.1. The maximum atomic E-state index is 12.5. The average Bonchev–Trinajstić information content (AvgIpc) is 3.10. The predicted molar refractivity (Wildman–Crippen MR) is 106 cm³/mol. The van der Waals surface area contributed by atoms with Crippen LogP contribution in [0.15, 0.2) is 42.6 Å². The van der Waals surface area contributed by atoms with Gasteiger partial charge in [-0.25, -0.2) is 9.97 Å². The summed E-state index contributed by atoms with van der Waals surface area (Å²) in [5.41, 5.74) is 6.42. The van der Waals surface area contributed by atoms with Gasteiger partial charge in [0.25, 0.3) is 11.8 Å². The Morgan fingerprint density at radius 3 is 2.50 bits per heavy atom. The lowest BCUT2D eigenvalue weighted by atomic mass is 10.2. The Labute approximate surface area is 164 Å². The minimum atomic E-state index is -0.748. The number of benzene rings is 1. The minimum Gasteiger partial charge on any atom is -0.497 e. The zero-order chi connectivity index (χ0) is 20.1. The van der Waals surface area contributed by atoms with Crippen molar-refractivity contribution in [2.45, 2.75) is 0 Å². The number of carbonyl (C=O) groups is 2. The summed E-state index contributed by atoms with van der Waals surface area (Å²) in [5.74, 6) is -0.0938. The molecule has 0 aliphatic heterocycles. The molecule has 0 fully saturated rings. The number of nitrogens with zero attached hydrogens (tertiary/aromatic N) is 2. The zero-order valence-electron chi connectivity index (χ0n) is 15.1. The lowest BCUT2D eigenvalue weighted by Gasteiger charge is -2.05. The number of pyridine rings is 1. The Kier molecular flexibility index (Phi) is 5.70. The highest BCUT2D eigenvalue weighted by Crippen LogP contribution is 2.31. The van der Waals surface area contributed by atoms with Crippen molar-refractivity contribution in [2.24, 2.45) is 5.73 Å². The number of ether oxygens (including phenoxy) is 2.